The molecule has 5 heteroatoms. The van der Waals surface area contributed by atoms with Crippen molar-refractivity contribution in [2.45, 2.75) is 32.4 Å². The van der Waals surface area contributed by atoms with Crippen molar-refractivity contribution in [1.29, 1.82) is 0 Å². The first-order valence-electron chi connectivity index (χ1n) is 4.45. The van der Waals surface area contributed by atoms with Gasteiger partial charge in [-0.1, -0.05) is 0 Å². The Labute approximate surface area is 78.7 Å². The fraction of sp³-hybridized carbons (Fsp3) is 0.875. The molecule has 0 aromatic heterocycles. The highest BCUT2D eigenvalue weighted by Crippen LogP contribution is 1.88. The Kier molecular flexibility index (Phi) is 6.48. The van der Waals surface area contributed by atoms with Crippen molar-refractivity contribution in [2.75, 3.05) is 13.3 Å². The van der Waals surface area contributed by atoms with Crippen LogP contribution < -0.4 is 16.4 Å². The lowest BCUT2D eigenvalue weighted by atomic mass is 10.2. The van der Waals surface area contributed by atoms with Crippen LogP contribution in [0.15, 0.2) is 0 Å². The van der Waals surface area contributed by atoms with Gasteiger partial charge in [0.05, 0.1) is 6.04 Å². The Morgan fingerprint density at radius 2 is 2.08 bits per heavy atom. The fourth-order valence-corrected chi connectivity index (χ4v) is 0.860. The van der Waals surface area contributed by atoms with Gasteiger partial charge in [-0.3, -0.25) is 10.1 Å². The van der Waals surface area contributed by atoms with Crippen LogP contribution in [0.3, 0.4) is 0 Å². The molecule has 5 N–H and O–H groups in total. The number of rotatable bonds is 7. The van der Waals surface area contributed by atoms with Crippen LogP contribution in [0.5, 0.6) is 0 Å². The second-order valence-electron chi connectivity index (χ2n) is 3.21. The quantitative estimate of drug-likeness (QED) is 0.378. The van der Waals surface area contributed by atoms with E-state index in [9.17, 15) is 4.79 Å². The van der Waals surface area contributed by atoms with Crippen LogP contribution in [-0.2, 0) is 4.79 Å². The summed E-state index contributed by atoms with van der Waals surface area (Å²) in [4.78, 5) is 10.8. The van der Waals surface area contributed by atoms with Gasteiger partial charge >= 0.3 is 0 Å². The molecule has 78 valence electrons. The van der Waals surface area contributed by atoms with E-state index in [-0.39, 0.29) is 6.61 Å². The Balaban J connectivity index is 3.63. The molecular formula is C8H19N3O2. The molecule has 0 radical (unpaired) electrons. The van der Waals surface area contributed by atoms with Gasteiger partial charge in [0.2, 0.25) is 5.91 Å². The Bertz CT molecular complexity index is 150. The van der Waals surface area contributed by atoms with E-state index in [1.807, 2.05) is 13.8 Å². The van der Waals surface area contributed by atoms with Gasteiger partial charge in [0.15, 0.2) is 0 Å². The van der Waals surface area contributed by atoms with E-state index in [2.05, 4.69) is 10.6 Å². The van der Waals surface area contributed by atoms with E-state index in [0.717, 1.165) is 0 Å². The van der Waals surface area contributed by atoms with Gasteiger partial charge in [-0.25, -0.2) is 0 Å². The molecule has 0 rings (SSSR count). The van der Waals surface area contributed by atoms with Crippen molar-refractivity contribution in [2.24, 2.45) is 5.73 Å². The Morgan fingerprint density at radius 3 is 2.46 bits per heavy atom. The maximum Gasteiger partial charge on any atom is 0.234 e. The minimum absolute atomic E-state index is 0.0394. The first-order chi connectivity index (χ1) is 6.07. The van der Waals surface area contributed by atoms with Crippen LogP contribution in [0.2, 0.25) is 0 Å². The van der Waals surface area contributed by atoms with Gasteiger partial charge in [0.25, 0.3) is 0 Å². The largest absolute Gasteiger partial charge is 0.396 e. The summed E-state index contributed by atoms with van der Waals surface area (Å²) in [6, 6.07) is -0.0913. The molecule has 1 amide bonds. The first-order valence-corrected chi connectivity index (χ1v) is 4.45. The molecule has 0 saturated carbocycles. The van der Waals surface area contributed by atoms with Crippen molar-refractivity contribution >= 4 is 5.91 Å². The van der Waals surface area contributed by atoms with E-state index >= 15 is 0 Å². The third kappa shape index (κ3) is 6.51. The Morgan fingerprint density at radius 1 is 1.46 bits per heavy atom. The summed E-state index contributed by atoms with van der Waals surface area (Å²) in [7, 11) is 0. The van der Waals surface area contributed by atoms with Crippen molar-refractivity contribution in [1.82, 2.24) is 10.6 Å². The van der Waals surface area contributed by atoms with Gasteiger partial charge in [-0.05, 0) is 20.3 Å². The van der Waals surface area contributed by atoms with E-state index in [0.29, 0.717) is 19.1 Å². The smallest absolute Gasteiger partial charge is 0.234 e. The number of hydrogen-bond donors (Lipinski definition) is 4. The maximum absolute atomic E-state index is 10.8. The number of amides is 1. The van der Waals surface area contributed by atoms with Crippen molar-refractivity contribution in [3.63, 3.8) is 0 Å². The van der Waals surface area contributed by atoms with Crippen molar-refractivity contribution in [3.05, 3.63) is 0 Å². The van der Waals surface area contributed by atoms with Crippen LogP contribution >= 0.6 is 0 Å². The maximum atomic E-state index is 10.8. The molecule has 0 aromatic rings. The van der Waals surface area contributed by atoms with Gasteiger partial charge in [0.1, 0.15) is 0 Å². The molecule has 0 heterocycles. The number of carbonyl (C=O) groups is 1. The van der Waals surface area contributed by atoms with Crippen molar-refractivity contribution in [3.8, 4) is 0 Å². The zero-order valence-electron chi connectivity index (χ0n) is 8.21. The molecule has 0 saturated heterocycles. The first kappa shape index (κ1) is 12.3. The second kappa shape index (κ2) is 6.82. The summed E-state index contributed by atoms with van der Waals surface area (Å²) in [6.07, 6.45) is 0.356. The third-order valence-electron chi connectivity index (χ3n) is 1.62. The van der Waals surface area contributed by atoms with Crippen molar-refractivity contribution < 1.29 is 9.90 Å². The van der Waals surface area contributed by atoms with Gasteiger partial charge in [-0.2, -0.15) is 0 Å². The summed E-state index contributed by atoms with van der Waals surface area (Å²) < 4.78 is 0. The van der Waals surface area contributed by atoms with E-state index in [4.69, 9.17) is 10.8 Å². The second-order valence-corrected chi connectivity index (χ2v) is 3.21. The minimum Gasteiger partial charge on any atom is -0.396 e. The summed E-state index contributed by atoms with van der Waals surface area (Å²) in [5.41, 5.74) is 5.10. The normalized spacial score (nSPS) is 13.2. The van der Waals surface area contributed by atoms with Gasteiger partial charge in [-0.15, -0.1) is 0 Å². The van der Waals surface area contributed by atoms with Crippen LogP contribution in [0.4, 0.5) is 0 Å². The van der Waals surface area contributed by atoms with E-state index in [1.165, 1.54) is 0 Å². The SMILES string of the molecule is CC(C)NCNC(CCO)C(N)=O. The lowest BCUT2D eigenvalue weighted by molar-refractivity contribution is -0.120. The number of aliphatic hydroxyl groups is 1. The zero-order valence-corrected chi connectivity index (χ0v) is 8.21. The number of nitrogens with two attached hydrogens (primary N) is 1. The standard InChI is InChI=1S/C8H19N3O2/c1-6(2)10-5-11-7(3-4-12)8(9)13/h6-7,10-12H,3-5H2,1-2H3,(H2,9,13). The minimum atomic E-state index is -0.448. The molecule has 0 aliphatic heterocycles. The van der Waals surface area contributed by atoms with Gasteiger partial charge < -0.3 is 16.2 Å². The van der Waals surface area contributed by atoms with Crippen LogP contribution in [-0.4, -0.2) is 36.4 Å². The highest BCUT2D eigenvalue weighted by Gasteiger charge is 2.12. The van der Waals surface area contributed by atoms with Crippen LogP contribution in [0.25, 0.3) is 0 Å². The highest BCUT2D eigenvalue weighted by atomic mass is 16.3. The van der Waals surface area contributed by atoms with E-state index in [1.54, 1.807) is 0 Å². The molecule has 5 nitrogen and oxygen atoms in total. The summed E-state index contributed by atoms with van der Waals surface area (Å²) in [6.45, 7) is 4.49. The molecule has 0 fully saturated rings. The topological polar surface area (TPSA) is 87.4 Å². The predicted molar refractivity (Wildman–Crippen MR) is 51.0 cm³/mol. The lowest BCUT2D eigenvalue weighted by Gasteiger charge is -2.15. The van der Waals surface area contributed by atoms with Gasteiger partial charge in [0, 0.05) is 19.3 Å². The fourth-order valence-electron chi connectivity index (χ4n) is 0.860. The molecule has 0 aliphatic carbocycles. The molecule has 0 aromatic carbocycles. The summed E-state index contributed by atoms with van der Waals surface area (Å²) in [5.74, 6) is -0.431. The average Bonchev–Trinajstić information content (AvgIpc) is 2.02. The summed E-state index contributed by atoms with van der Waals surface area (Å²) in [5, 5.41) is 14.6. The number of nitrogens with one attached hydrogen (secondary N) is 2. The number of carbonyl (C=O) groups excluding carboxylic acids is 1. The number of hydrogen-bond acceptors (Lipinski definition) is 4. The summed E-state index contributed by atoms with van der Waals surface area (Å²) >= 11 is 0. The van der Waals surface area contributed by atoms with Crippen LogP contribution in [0, 0.1) is 0 Å². The lowest BCUT2D eigenvalue weighted by Crippen LogP contribution is -2.46. The zero-order chi connectivity index (χ0) is 10.3. The van der Waals surface area contributed by atoms with E-state index < -0.39 is 11.9 Å². The molecule has 13 heavy (non-hydrogen) atoms. The predicted octanol–water partition coefficient (Wildman–Crippen LogP) is -1.23. The molecule has 1 atom stereocenters. The number of primary amides is 1. The number of aliphatic hydroxyl groups excluding tert-OH is 1. The molecular weight excluding hydrogens is 170 g/mol. The van der Waals surface area contributed by atoms with Crippen LogP contribution in [0.1, 0.15) is 20.3 Å². The molecule has 1 unspecified atom stereocenters. The molecule has 0 spiro atoms. The highest BCUT2D eigenvalue weighted by molar-refractivity contribution is 5.79. The monoisotopic (exact) mass is 189 g/mol. The third-order valence-corrected chi connectivity index (χ3v) is 1.62. The Hall–Kier alpha value is -0.650. The average molecular weight is 189 g/mol. The molecule has 0 bridgehead atoms. The molecule has 0 aliphatic rings.